The Morgan fingerprint density at radius 3 is 2.56 bits per heavy atom. The number of carbonyl (C=O) groups excluding carboxylic acids is 1. The maximum Gasteiger partial charge on any atom is 0.241 e. The van der Waals surface area contributed by atoms with Crippen molar-refractivity contribution in [3.63, 3.8) is 0 Å². The summed E-state index contributed by atoms with van der Waals surface area (Å²) in [4.78, 5) is 14.4. The van der Waals surface area contributed by atoms with Crippen LogP contribution in [0.4, 0.5) is 0 Å². The fraction of sp³-hybridized carbons (Fsp3) is 0.929. The molecule has 106 valence electrons. The Bertz CT molecular complexity index is 271. The molecule has 1 saturated heterocycles. The van der Waals surface area contributed by atoms with Gasteiger partial charge in [-0.1, -0.05) is 27.7 Å². The molecule has 3 atom stereocenters. The highest BCUT2D eigenvalue weighted by atomic mass is 32.2. The Labute approximate surface area is 116 Å². The summed E-state index contributed by atoms with van der Waals surface area (Å²) in [6, 6.07) is 0.0372. The lowest BCUT2D eigenvalue weighted by Gasteiger charge is -2.28. The molecule has 1 N–H and O–H groups in total. The van der Waals surface area contributed by atoms with E-state index in [1.165, 1.54) is 0 Å². The van der Waals surface area contributed by atoms with E-state index in [1.54, 1.807) is 0 Å². The Morgan fingerprint density at radius 1 is 1.39 bits per heavy atom. The molecule has 1 fully saturated rings. The molecular weight excluding hydrogens is 244 g/mol. The van der Waals surface area contributed by atoms with Crippen molar-refractivity contribution in [2.45, 2.75) is 52.7 Å². The van der Waals surface area contributed by atoms with Gasteiger partial charge in [-0.3, -0.25) is 10.1 Å². The van der Waals surface area contributed by atoms with Crippen LogP contribution in [-0.4, -0.2) is 41.6 Å². The molecule has 0 aliphatic carbocycles. The highest BCUT2D eigenvalue weighted by Gasteiger charge is 2.38. The number of amides is 1. The third-order valence-electron chi connectivity index (χ3n) is 3.41. The van der Waals surface area contributed by atoms with Gasteiger partial charge in [0.2, 0.25) is 5.91 Å². The van der Waals surface area contributed by atoms with E-state index in [2.05, 4.69) is 44.2 Å². The quantitative estimate of drug-likeness (QED) is 0.773. The molecule has 1 amide bonds. The van der Waals surface area contributed by atoms with Gasteiger partial charge in [-0.2, -0.15) is 11.8 Å². The Morgan fingerprint density at radius 2 is 2.06 bits per heavy atom. The Kier molecular flexibility index (Phi) is 6.50. The number of hydrogen-bond donors (Lipinski definition) is 1. The molecular formula is C14H28N2OS. The average molecular weight is 272 g/mol. The maximum atomic E-state index is 12.3. The van der Waals surface area contributed by atoms with Gasteiger partial charge in [0.1, 0.15) is 0 Å². The molecule has 1 aliphatic heterocycles. The largest absolute Gasteiger partial charge is 0.325 e. The van der Waals surface area contributed by atoms with Crippen molar-refractivity contribution in [1.82, 2.24) is 10.2 Å². The summed E-state index contributed by atoms with van der Waals surface area (Å²) >= 11 is 1.86. The monoisotopic (exact) mass is 272 g/mol. The molecule has 0 bridgehead atoms. The SMILES string of the molecule is CCC1NC(CC(C)C)N(CC(C)CSC)C1=O. The van der Waals surface area contributed by atoms with Gasteiger partial charge in [0.25, 0.3) is 0 Å². The summed E-state index contributed by atoms with van der Waals surface area (Å²) in [5.74, 6) is 2.60. The third kappa shape index (κ3) is 4.16. The average Bonchev–Trinajstić information content (AvgIpc) is 2.57. The summed E-state index contributed by atoms with van der Waals surface area (Å²) < 4.78 is 0. The van der Waals surface area contributed by atoms with Crippen molar-refractivity contribution >= 4 is 17.7 Å². The van der Waals surface area contributed by atoms with Crippen LogP contribution in [0, 0.1) is 11.8 Å². The minimum Gasteiger partial charge on any atom is -0.325 e. The zero-order chi connectivity index (χ0) is 13.7. The predicted octanol–water partition coefficient (Wildman–Crippen LogP) is 2.57. The van der Waals surface area contributed by atoms with E-state index in [1.807, 2.05) is 11.8 Å². The zero-order valence-electron chi connectivity index (χ0n) is 12.4. The molecule has 3 nitrogen and oxygen atoms in total. The fourth-order valence-corrected chi connectivity index (χ4v) is 3.25. The molecule has 1 aliphatic rings. The van der Waals surface area contributed by atoms with Gasteiger partial charge >= 0.3 is 0 Å². The van der Waals surface area contributed by atoms with Crippen molar-refractivity contribution in [3.05, 3.63) is 0 Å². The van der Waals surface area contributed by atoms with Crippen LogP contribution in [0.1, 0.15) is 40.5 Å². The highest BCUT2D eigenvalue weighted by molar-refractivity contribution is 7.98. The van der Waals surface area contributed by atoms with Gasteiger partial charge in [-0.25, -0.2) is 0 Å². The fourth-order valence-electron chi connectivity index (χ4n) is 2.57. The number of thioether (sulfide) groups is 1. The first-order chi connectivity index (χ1) is 8.49. The summed E-state index contributed by atoms with van der Waals surface area (Å²) in [6.45, 7) is 9.64. The van der Waals surface area contributed by atoms with Gasteiger partial charge in [-0.05, 0) is 36.7 Å². The van der Waals surface area contributed by atoms with Crippen molar-refractivity contribution in [1.29, 1.82) is 0 Å². The standard InChI is InChI=1S/C14H28N2OS/c1-6-12-14(17)16(8-11(4)9-18-5)13(15-12)7-10(2)3/h10-13,15H,6-9H2,1-5H3. The van der Waals surface area contributed by atoms with Crippen LogP contribution in [-0.2, 0) is 4.79 Å². The molecule has 0 aromatic heterocycles. The molecule has 0 saturated carbocycles. The highest BCUT2D eigenvalue weighted by Crippen LogP contribution is 2.21. The molecule has 0 aromatic rings. The summed E-state index contributed by atoms with van der Waals surface area (Å²) in [5, 5.41) is 3.49. The molecule has 0 aromatic carbocycles. The summed E-state index contributed by atoms with van der Waals surface area (Å²) in [7, 11) is 0. The Hall–Kier alpha value is -0.220. The molecule has 1 rings (SSSR count). The lowest BCUT2D eigenvalue weighted by Crippen LogP contribution is -2.41. The zero-order valence-corrected chi connectivity index (χ0v) is 13.2. The van der Waals surface area contributed by atoms with Gasteiger partial charge in [0.15, 0.2) is 0 Å². The number of nitrogens with one attached hydrogen (secondary N) is 1. The smallest absolute Gasteiger partial charge is 0.241 e. The number of rotatable bonds is 7. The second-order valence-electron chi connectivity index (χ2n) is 5.82. The van der Waals surface area contributed by atoms with Gasteiger partial charge in [0.05, 0.1) is 12.2 Å². The predicted molar refractivity (Wildman–Crippen MR) is 79.7 cm³/mol. The lowest BCUT2D eigenvalue weighted by atomic mass is 10.1. The van der Waals surface area contributed by atoms with E-state index in [0.717, 1.165) is 25.1 Å². The molecule has 0 spiro atoms. The summed E-state index contributed by atoms with van der Waals surface area (Å²) in [5.41, 5.74) is 0. The van der Waals surface area contributed by atoms with E-state index < -0.39 is 0 Å². The van der Waals surface area contributed by atoms with Crippen LogP contribution in [0.3, 0.4) is 0 Å². The van der Waals surface area contributed by atoms with Gasteiger partial charge < -0.3 is 4.90 Å². The molecule has 1 heterocycles. The summed E-state index contributed by atoms with van der Waals surface area (Å²) in [6.07, 6.45) is 4.31. The van der Waals surface area contributed by atoms with E-state index in [0.29, 0.717) is 17.7 Å². The molecule has 4 heteroatoms. The first-order valence-corrected chi connectivity index (χ1v) is 8.44. The van der Waals surface area contributed by atoms with Crippen LogP contribution in [0.5, 0.6) is 0 Å². The molecule has 0 radical (unpaired) electrons. The van der Waals surface area contributed by atoms with Crippen LogP contribution < -0.4 is 5.32 Å². The first-order valence-electron chi connectivity index (χ1n) is 7.05. The van der Waals surface area contributed by atoms with E-state index in [-0.39, 0.29) is 12.2 Å². The topological polar surface area (TPSA) is 32.3 Å². The van der Waals surface area contributed by atoms with Crippen molar-refractivity contribution in [2.75, 3.05) is 18.6 Å². The molecule has 3 unspecified atom stereocenters. The number of carbonyl (C=O) groups is 1. The van der Waals surface area contributed by atoms with Crippen LogP contribution in [0.2, 0.25) is 0 Å². The second-order valence-corrected chi connectivity index (χ2v) is 6.73. The normalized spacial score (nSPS) is 26.1. The van der Waals surface area contributed by atoms with E-state index >= 15 is 0 Å². The Balaban J connectivity index is 2.66. The minimum absolute atomic E-state index is 0.0372. The maximum absolute atomic E-state index is 12.3. The van der Waals surface area contributed by atoms with E-state index in [9.17, 15) is 4.79 Å². The molecule has 18 heavy (non-hydrogen) atoms. The van der Waals surface area contributed by atoms with Crippen molar-refractivity contribution < 1.29 is 4.79 Å². The minimum atomic E-state index is 0.0372. The lowest BCUT2D eigenvalue weighted by molar-refractivity contribution is -0.130. The van der Waals surface area contributed by atoms with Crippen LogP contribution >= 0.6 is 11.8 Å². The third-order valence-corrected chi connectivity index (χ3v) is 4.32. The van der Waals surface area contributed by atoms with Gasteiger partial charge in [-0.15, -0.1) is 0 Å². The van der Waals surface area contributed by atoms with E-state index in [4.69, 9.17) is 0 Å². The van der Waals surface area contributed by atoms with Crippen LogP contribution in [0.25, 0.3) is 0 Å². The van der Waals surface area contributed by atoms with Crippen molar-refractivity contribution in [2.24, 2.45) is 11.8 Å². The number of hydrogen-bond acceptors (Lipinski definition) is 3. The first kappa shape index (κ1) is 15.8. The second kappa shape index (κ2) is 7.39. The van der Waals surface area contributed by atoms with Crippen molar-refractivity contribution in [3.8, 4) is 0 Å². The van der Waals surface area contributed by atoms with Gasteiger partial charge in [0, 0.05) is 6.54 Å². The number of nitrogens with zero attached hydrogens (tertiary/aromatic N) is 1. The van der Waals surface area contributed by atoms with Crippen LogP contribution in [0.15, 0.2) is 0 Å².